The third-order valence-corrected chi connectivity index (χ3v) is 1.00. The van der Waals surface area contributed by atoms with E-state index in [1.165, 1.54) is 0 Å². The normalized spacial score (nSPS) is 16.2. The standard InChI is InChI=1S/H2O5S2.S/c1-6(2)5-7(3)4;/h(H,1,2)(H,3,4);/q;+2/p-2. The molecule has 0 fully saturated rings. The highest BCUT2D eigenvalue weighted by molar-refractivity contribution is 7.87. The first-order valence-corrected chi connectivity index (χ1v) is 3.00. The summed E-state index contributed by atoms with van der Waals surface area (Å²) in [5.41, 5.74) is 0. The minimum atomic E-state index is -2.96. The second kappa shape index (κ2) is 5.66. The monoisotopic (exact) mass is 176 g/mol. The third kappa shape index (κ3) is 9.73. The molecule has 0 aliphatic heterocycles. The zero-order valence-corrected chi connectivity index (χ0v) is 5.72. The van der Waals surface area contributed by atoms with Crippen LogP contribution in [0.5, 0.6) is 0 Å². The van der Waals surface area contributed by atoms with E-state index in [1.54, 1.807) is 0 Å². The van der Waals surface area contributed by atoms with Crippen molar-refractivity contribution in [2.24, 2.45) is 0 Å². The molecule has 0 N–H and O–H groups in total. The van der Waals surface area contributed by atoms with Crippen LogP contribution in [0.25, 0.3) is 0 Å². The molecule has 0 atom stereocenters. The third-order valence-electron chi connectivity index (χ3n) is 0.111. The second-order valence-electron chi connectivity index (χ2n) is 0.476. The highest BCUT2D eigenvalue weighted by atomic mass is 32.3. The highest BCUT2D eigenvalue weighted by Crippen LogP contribution is 1.79. The molecule has 0 aromatic heterocycles. The molecule has 0 spiro atoms. The van der Waals surface area contributed by atoms with E-state index in [-0.39, 0.29) is 13.5 Å². The zero-order chi connectivity index (χ0) is 5.86. The van der Waals surface area contributed by atoms with Gasteiger partial charge < -0.3 is 9.11 Å². The van der Waals surface area contributed by atoms with Gasteiger partial charge in [-0.1, -0.05) is 0 Å². The van der Waals surface area contributed by atoms with Crippen LogP contribution in [0, 0.1) is 0 Å². The molecule has 0 aliphatic rings. The lowest BCUT2D eigenvalue weighted by molar-refractivity contribution is 0.408. The van der Waals surface area contributed by atoms with E-state index in [9.17, 15) is 17.5 Å². The van der Waals surface area contributed by atoms with Gasteiger partial charge in [-0.3, -0.25) is 0 Å². The molecule has 0 aromatic rings. The Balaban J connectivity index is 0. The minimum absolute atomic E-state index is 0. The van der Waals surface area contributed by atoms with Crippen molar-refractivity contribution in [3.05, 3.63) is 0 Å². The fourth-order valence-electron chi connectivity index (χ4n) is 0.0454. The predicted molar refractivity (Wildman–Crippen MR) is 26.3 cm³/mol. The number of hydrogen-bond donors (Lipinski definition) is 0. The Morgan fingerprint density at radius 3 is 1.38 bits per heavy atom. The average Bonchev–Trinajstić information content (AvgIpc) is 1.27. The zero-order valence-electron chi connectivity index (χ0n) is 3.27. The van der Waals surface area contributed by atoms with Gasteiger partial charge in [-0.15, -0.1) is 0 Å². The van der Waals surface area contributed by atoms with E-state index >= 15 is 0 Å². The van der Waals surface area contributed by atoms with Gasteiger partial charge in [0.1, 0.15) is 0 Å². The van der Waals surface area contributed by atoms with Crippen LogP contribution >= 0.6 is 0 Å². The van der Waals surface area contributed by atoms with Gasteiger partial charge >= 0.3 is 13.5 Å². The maximum atomic E-state index is 9.19. The Labute approximate surface area is 57.9 Å². The van der Waals surface area contributed by atoms with Gasteiger partial charge in [-0.2, -0.15) is 0 Å². The highest BCUT2D eigenvalue weighted by Gasteiger charge is 2.00. The van der Waals surface area contributed by atoms with Crippen molar-refractivity contribution >= 4 is 36.2 Å². The summed E-state index contributed by atoms with van der Waals surface area (Å²) in [4.78, 5) is 0. The molecule has 0 unspecified atom stereocenters. The van der Waals surface area contributed by atoms with Crippen LogP contribution in [-0.2, 0) is 39.8 Å². The molecular weight excluding hydrogens is 176 g/mol. The summed E-state index contributed by atoms with van der Waals surface area (Å²) < 4.78 is 39.9. The van der Waals surface area contributed by atoms with Crippen LogP contribution < -0.4 is 0 Å². The van der Waals surface area contributed by atoms with Crippen LogP contribution in [0.2, 0.25) is 0 Å². The van der Waals surface area contributed by atoms with Gasteiger partial charge in [0.25, 0.3) is 0 Å². The molecule has 0 bridgehead atoms. The molecular formula is O5S3. The summed E-state index contributed by atoms with van der Waals surface area (Å²) in [6, 6.07) is 0. The van der Waals surface area contributed by atoms with Gasteiger partial charge in [-0.05, 0) is 0 Å². The molecule has 8 heteroatoms. The van der Waals surface area contributed by atoms with Gasteiger partial charge in [0.05, 0.1) is 22.7 Å². The molecule has 8 heavy (non-hydrogen) atoms. The van der Waals surface area contributed by atoms with Crippen molar-refractivity contribution in [2.75, 3.05) is 0 Å². The maximum absolute atomic E-state index is 9.19. The van der Waals surface area contributed by atoms with Gasteiger partial charge in [0.15, 0.2) is 0 Å². The first-order chi connectivity index (χ1) is 3.13. The van der Waals surface area contributed by atoms with Crippen molar-refractivity contribution < 1.29 is 21.2 Å². The Morgan fingerprint density at radius 1 is 1.12 bits per heavy atom. The van der Waals surface area contributed by atoms with Gasteiger partial charge in [-0.25, -0.2) is 12.0 Å². The van der Waals surface area contributed by atoms with E-state index in [4.69, 9.17) is 0 Å². The Morgan fingerprint density at radius 2 is 1.38 bits per heavy atom. The van der Waals surface area contributed by atoms with Crippen molar-refractivity contribution in [1.29, 1.82) is 0 Å². The summed E-state index contributed by atoms with van der Waals surface area (Å²) in [7, 11) is 0. The minimum Gasteiger partial charge on any atom is -0.749 e. The van der Waals surface area contributed by atoms with Crippen LogP contribution in [0.3, 0.4) is 0 Å². The largest absolute Gasteiger partial charge is 2.00 e. The quantitative estimate of drug-likeness (QED) is 0.482. The summed E-state index contributed by atoms with van der Waals surface area (Å²) in [5, 5.41) is 0. The molecule has 0 aliphatic carbocycles. The molecule has 0 saturated carbocycles. The lowest BCUT2D eigenvalue weighted by Gasteiger charge is -2.04. The lowest BCUT2D eigenvalue weighted by atomic mass is 15.8. The van der Waals surface area contributed by atoms with Crippen molar-refractivity contribution in [3.63, 3.8) is 0 Å². The maximum Gasteiger partial charge on any atom is 2.00 e. The van der Waals surface area contributed by atoms with Crippen LogP contribution in [0.15, 0.2) is 0 Å². The fourth-order valence-corrected chi connectivity index (χ4v) is 0.408. The first kappa shape index (κ1) is 11.3. The van der Waals surface area contributed by atoms with E-state index in [0.717, 1.165) is 0 Å². The molecule has 0 heterocycles. The smallest absolute Gasteiger partial charge is 0.749 e. The molecule has 4 radical (unpaired) electrons. The second-order valence-corrected chi connectivity index (χ2v) is 1.84. The SMILES string of the molecule is O=S([O-])OS(=O)[O-].[S+2]. The molecule has 48 valence electrons. The summed E-state index contributed by atoms with van der Waals surface area (Å²) >= 11 is -5.92. The fraction of sp³-hybridized carbons (Fsp3) is 0. The van der Waals surface area contributed by atoms with Crippen molar-refractivity contribution in [1.82, 2.24) is 0 Å². The van der Waals surface area contributed by atoms with E-state index in [0.29, 0.717) is 0 Å². The van der Waals surface area contributed by atoms with Crippen LogP contribution in [0.4, 0.5) is 0 Å². The predicted octanol–water partition coefficient (Wildman–Crippen LogP) is -1.41. The van der Waals surface area contributed by atoms with Crippen molar-refractivity contribution in [3.8, 4) is 0 Å². The summed E-state index contributed by atoms with van der Waals surface area (Å²) in [6.07, 6.45) is 0. The van der Waals surface area contributed by atoms with Crippen LogP contribution in [0.1, 0.15) is 0 Å². The summed E-state index contributed by atoms with van der Waals surface area (Å²) in [6.45, 7) is 0. The summed E-state index contributed by atoms with van der Waals surface area (Å²) in [5.74, 6) is 0. The van der Waals surface area contributed by atoms with E-state index in [2.05, 4.69) is 3.63 Å². The van der Waals surface area contributed by atoms with Crippen molar-refractivity contribution in [2.45, 2.75) is 0 Å². The van der Waals surface area contributed by atoms with Crippen LogP contribution in [-0.4, -0.2) is 17.5 Å². The Bertz CT molecular complexity index is 83.8. The lowest BCUT2D eigenvalue weighted by Crippen LogP contribution is -1.97. The number of hydrogen-bond acceptors (Lipinski definition) is 5. The average molecular weight is 176 g/mol. The molecule has 5 nitrogen and oxygen atoms in total. The molecule has 0 saturated heterocycles. The first-order valence-electron chi connectivity index (χ1n) is 1.00. The molecule has 0 aromatic carbocycles. The topological polar surface area (TPSA) is 89.5 Å². The van der Waals surface area contributed by atoms with Gasteiger partial charge in [0.2, 0.25) is 0 Å². The van der Waals surface area contributed by atoms with E-state index < -0.39 is 22.7 Å². The Hall–Kier alpha value is 0.530. The van der Waals surface area contributed by atoms with E-state index in [1.807, 2.05) is 0 Å². The molecule has 0 amide bonds. The molecule has 0 rings (SSSR count). The van der Waals surface area contributed by atoms with Gasteiger partial charge in [0, 0.05) is 0 Å². The number of rotatable bonds is 2. The Kier molecular flexibility index (Phi) is 8.03.